The highest BCUT2D eigenvalue weighted by atomic mass is 19.3. The minimum absolute atomic E-state index is 0.0350. The Morgan fingerprint density at radius 2 is 1.86 bits per heavy atom. The van der Waals surface area contributed by atoms with Gasteiger partial charge in [0.05, 0.1) is 5.54 Å². The van der Waals surface area contributed by atoms with E-state index in [0.29, 0.717) is 12.1 Å². The van der Waals surface area contributed by atoms with E-state index in [4.69, 9.17) is 5.73 Å². The van der Waals surface area contributed by atoms with E-state index in [1.54, 1.807) is 0 Å². The molecular weight excluding hydrogens is 278 g/mol. The topological polar surface area (TPSA) is 64.3 Å². The number of hydrogen-bond acceptors (Lipinski definition) is 3. The summed E-state index contributed by atoms with van der Waals surface area (Å²) in [5.41, 5.74) is 5.90. The summed E-state index contributed by atoms with van der Waals surface area (Å²) in [6.45, 7) is -2.46. The molecule has 1 aromatic rings. The third kappa shape index (κ3) is 4.14. The van der Waals surface area contributed by atoms with Gasteiger partial charge in [0.2, 0.25) is 0 Å². The number of rotatable bonds is 5. The highest BCUT2D eigenvalue weighted by molar-refractivity contribution is 5.94. The van der Waals surface area contributed by atoms with Gasteiger partial charge >= 0.3 is 6.61 Å². The van der Waals surface area contributed by atoms with Crippen molar-refractivity contribution < 1.29 is 18.3 Å². The van der Waals surface area contributed by atoms with Gasteiger partial charge in [0.25, 0.3) is 5.91 Å². The third-order valence-electron chi connectivity index (χ3n) is 3.92. The summed E-state index contributed by atoms with van der Waals surface area (Å²) >= 11 is 0. The molecular formula is C15H20F2N2O2. The van der Waals surface area contributed by atoms with E-state index in [2.05, 4.69) is 10.1 Å². The predicted molar refractivity (Wildman–Crippen MR) is 75.4 cm³/mol. The van der Waals surface area contributed by atoms with Crippen LogP contribution in [-0.4, -0.2) is 24.6 Å². The van der Waals surface area contributed by atoms with Gasteiger partial charge in [0.1, 0.15) is 5.75 Å². The molecule has 1 fully saturated rings. The molecule has 0 bridgehead atoms. The fourth-order valence-electron chi connectivity index (χ4n) is 2.71. The van der Waals surface area contributed by atoms with Gasteiger partial charge < -0.3 is 15.8 Å². The lowest BCUT2D eigenvalue weighted by Crippen LogP contribution is -2.54. The van der Waals surface area contributed by atoms with Crippen LogP contribution >= 0.6 is 0 Å². The van der Waals surface area contributed by atoms with Gasteiger partial charge in [-0.15, -0.1) is 0 Å². The standard InChI is InChI=1S/C15H20F2N2O2/c16-14(17)21-12-6-4-11(5-7-12)13(20)19-15(10-18)8-2-1-3-9-15/h4-7,14H,1-3,8-10,18H2,(H,19,20). The zero-order chi connectivity index (χ0) is 15.3. The molecule has 6 heteroatoms. The number of alkyl halides is 2. The Balaban J connectivity index is 2.02. The summed E-state index contributed by atoms with van der Waals surface area (Å²) in [5, 5.41) is 3.01. The lowest BCUT2D eigenvalue weighted by molar-refractivity contribution is -0.0498. The maximum absolute atomic E-state index is 12.3. The predicted octanol–water partition coefficient (Wildman–Crippen LogP) is 2.68. The Hall–Kier alpha value is -1.69. The minimum atomic E-state index is -2.87. The van der Waals surface area contributed by atoms with Crippen molar-refractivity contribution in [3.05, 3.63) is 29.8 Å². The van der Waals surface area contributed by atoms with E-state index in [1.807, 2.05) is 0 Å². The van der Waals surface area contributed by atoms with Crippen molar-refractivity contribution in [2.24, 2.45) is 5.73 Å². The van der Waals surface area contributed by atoms with Crippen molar-refractivity contribution >= 4 is 5.91 Å². The maximum Gasteiger partial charge on any atom is 0.387 e. The van der Waals surface area contributed by atoms with Crippen molar-refractivity contribution in [3.63, 3.8) is 0 Å². The molecule has 1 aliphatic rings. The minimum Gasteiger partial charge on any atom is -0.435 e. The molecule has 0 saturated heterocycles. The van der Waals surface area contributed by atoms with E-state index in [9.17, 15) is 13.6 Å². The molecule has 1 aliphatic carbocycles. The molecule has 1 aromatic carbocycles. The van der Waals surface area contributed by atoms with Crippen LogP contribution in [0.15, 0.2) is 24.3 Å². The number of benzene rings is 1. The van der Waals surface area contributed by atoms with E-state index < -0.39 is 6.61 Å². The first-order chi connectivity index (χ1) is 10.0. The molecule has 0 aliphatic heterocycles. The Bertz CT molecular complexity index is 471. The Morgan fingerprint density at radius 1 is 1.24 bits per heavy atom. The number of carbonyl (C=O) groups is 1. The largest absolute Gasteiger partial charge is 0.435 e. The summed E-state index contributed by atoms with van der Waals surface area (Å²) in [6, 6.07) is 5.66. The van der Waals surface area contributed by atoms with Crippen LogP contribution in [0.25, 0.3) is 0 Å². The Labute approximate surface area is 122 Å². The second-order valence-corrected chi connectivity index (χ2v) is 5.40. The summed E-state index contributed by atoms with van der Waals surface area (Å²) < 4.78 is 28.4. The van der Waals surface area contributed by atoms with Gasteiger partial charge in [-0.3, -0.25) is 4.79 Å². The molecule has 2 rings (SSSR count). The zero-order valence-corrected chi connectivity index (χ0v) is 11.8. The molecule has 0 aromatic heterocycles. The Morgan fingerprint density at radius 3 is 2.38 bits per heavy atom. The van der Waals surface area contributed by atoms with Gasteiger partial charge in [-0.2, -0.15) is 8.78 Å². The average molecular weight is 298 g/mol. The lowest BCUT2D eigenvalue weighted by Gasteiger charge is -2.37. The van der Waals surface area contributed by atoms with Crippen molar-refractivity contribution in [2.45, 2.75) is 44.3 Å². The van der Waals surface area contributed by atoms with E-state index in [1.165, 1.54) is 24.3 Å². The molecule has 1 saturated carbocycles. The smallest absolute Gasteiger partial charge is 0.387 e. The van der Waals surface area contributed by atoms with Gasteiger partial charge in [-0.05, 0) is 37.1 Å². The molecule has 1 amide bonds. The molecule has 3 N–H and O–H groups in total. The van der Waals surface area contributed by atoms with Crippen LogP contribution in [0.5, 0.6) is 5.75 Å². The maximum atomic E-state index is 12.3. The van der Waals surface area contributed by atoms with E-state index >= 15 is 0 Å². The second kappa shape index (κ2) is 6.85. The number of hydrogen-bond donors (Lipinski definition) is 2. The first-order valence-corrected chi connectivity index (χ1v) is 7.12. The van der Waals surface area contributed by atoms with Gasteiger partial charge in [0.15, 0.2) is 0 Å². The second-order valence-electron chi connectivity index (χ2n) is 5.40. The molecule has 0 unspecified atom stereocenters. The van der Waals surface area contributed by atoms with Crippen LogP contribution < -0.4 is 15.8 Å². The van der Waals surface area contributed by atoms with Crippen LogP contribution in [0.1, 0.15) is 42.5 Å². The highest BCUT2D eigenvalue weighted by Crippen LogP contribution is 2.27. The summed E-state index contributed by atoms with van der Waals surface area (Å²) in [6.07, 6.45) is 5.03. The fourth-order valence-corrected chi connectivity index (χ4v) is 2.71. The summed E-state index contributed by atoms with van der Waals surface area (Å²) in [4.78, 5) is 12.3. The number of nitrogens with two attached hydrogens (primary N) is 1. The van der Waals surface area contributed by atoms with Crippen LogP contribution in [-0.2, 0) is 0 Å². The van der Waals surface area contributed by atoms with Crippen molar-refractivity contribution in [2.75, 3.05) is 6.54 Å². The van der Waals surface area contributed by atoms with E-state index in [0.717, 1.165) is 32.1 Å². The summed E-state index contributed by atoms with van der Waals surface area (Å²) in [5.74, 6) is -0.196. The normalized spacial score (nSPS) is 17.5. The molecule has 21 heavy (non-hydrogen) atoms. The molecule has 0 atom stereocenters. The molecule has 0 radical (unpaired) electrons. The summed E-state index contributed by atoms with van der Waals surface area (Å²) in [7, 11) is 0. The van der Waals surface area contributed by atoms with Crippen LogP contribution in [0.3, 0.4) is 0 Å². The number of ether oxygens (including phenoxy) is 1. The lowest BCUT2D eigenvalue weighted by atomic mass is 9.81. The number of amides is 1. The molecule has 0 heterocycles. The quantitative estimate of drug-likeness (QED) is 0.878. The monoisotopic (exact) mass is 298 g/mol. The first-order valence-electron chi connectivity index (χ1n) is 7.12. The Kier molecular flexibility index (Phi) is 5.12. The SMILES string of the molecule is NCC1(NC(=O)c2ccc(OC(F)F)cc2)CCCCC1. The van der Waals surface area contributed by atoms with Crippen LogP contribution in [0.2, 0.25) is 0 Å². The van der Waals surface area contributed by atoms with Crippen LogP contribution in [0, 0.1) is 0 Å². The fraction of sp³-hybridized carbons (Fsp3) is 0.533. The van der Waals surface area contributed by atoms with Crippen LogP contribution in [0.4, 0.5) is 8.78 Å². The molecule has 0 spiro atoms. The number of nitrogens with one attached hydrogen (secondary N) is 1. The zero-order valence-electron chi connectivity index (χ0n) is 11.8. The highest BCUT2D eigenvalue weighted by Gasteiger charge is 2.32. The first kappa shape index (κ1) is 15.7. The third-order valence-corrected chi connectivity index (χ3v) is 3.92. The average Bonchev–Trinajstić information content (AvgIpc) is 2.48. The van der Waals surface area contributed by atoms with Crippen molar-refractivity contribution in [1.29, 1.82) is 0 Å². The molecule has 116 valence electrons. The van der Waals surface area contributed by atoms with Crippen molar-refractivity contribution in [1.82, 2.24) is 5.32 Å². The van der Waals surface area contributed by atoms with Gasteiger partial charge in [-0.25, -0.2) is 0 Å². The number of carbonyl (C=O) groups excluding carboxylic acids is 1. The van der Waals surface area contributed by atoms with Gasteiger partial charge in [-0.1, -0.05) is 19.3 Å². The van der Waals surface area contributed by atoms with Crippen molar-refractivity contribution in [3.8, 4) is 5.75 Å². The number of halogens is 2. The molecule has 4 nitrogen and oxygen atoms in total. The van der Waals surface area contributed by atoms with E-state index in [-0.39, 0.29) is 17.2 Å². The van der Waals surface area contributed by atoms with Gasteiger partial charge in [0, 0.05) is 12.1 Å².